The molecular formula is C8H13NO2. The number of aliphatic hydroxyl groups is 1. The van der Waals surface area contributed by atoms with Crippen molar-refractivity contribution in [1.82, 2.24) is 4.90 Å². The Morgan fingerprint density at radius 1 is 1.45 bits per heavy atom. The number of carbonyl (C=O) groups excluding carboxylic acids is 1. The first-order chi connectivity index (χ1) is 5.33. The van der Waals surface area contributed by atoms with E-state index in [1.54, 1.807) is 0 Å². The smallest absolute Gasteiger partial charge is 0.223 e. The predicted octanol–water partition coefficient (Wildman–Crippen LogP) is 0.132. The van der Waals surface area contributed by atoms with Gasteiger partial charge in [-0.2, -0.15) is 0 Å². The Bertz CT molecular complexity index is 181. The molecule has 0 aliphatic carbocycles. The Balaban J connectivity index is 2.13. The summed E-state index contributed by atoms with van der Waals surface area (Å²) in [7, 11) is 0. The van der Waals surface area contributed by atoms with E-state index in [1.165, 1.54) is 0 Å². The van der Waals surface area contributed by atoms with E-state index >= 15 is 0 Å². The predicted molar refractivity (Wildman–Crippen MR) is 40.0 cm³/mol. The van der Waals surface area contributed by atoms with Crippen molar-refractivity contribution in [3.05, 3.63) is 0 Å². The summed E-state index contributed by atoms with van der Waals surface area (Å²) in [5.74, 6) is 0.242. The third-order valence-corrected chi connectivity index (χ3v) is 2.81. The number of fused-ring (bicyclic) bond motifs is 1. The van der Waals surface area contributed by atoms with Gasteiger partial charge in [0.15, 0.2) is 0 Å². The lowest BCUT2D eigenvalue weighted by Crippen LogP contribution is -2.37. The van der Waals surface area contributed by atoms with Gasteiger partial charge in [-0.05, 0) is 19.3 Å². The number of amides is 1. The van der Waals surface area contributed by atoms with Gasteiger partial charge < -0.3 is 10.0 Å². The first-order valence-corrected chi connectivity index (χ1v) is 4.25. The summed E-state index contributed by atoms with van der Waals surface area (Å²) >= 11 is 0. The summed E-state index contributed by atoms with van der Waals surface area (Å²) in [5.41, 5.74) is 0. The molecule has 2 fully saturated rings. The molecule has 2 saturated heterocycles. The lowest BCUT2D eigenvalue weighted by molar-refractivity contribution is -0.130. The first-order valence-electron chi connectivity index (χ1n) is 4.25. The average Bonchev–Trinajstić information content (AvgIpc) is 2.54. The highest BCUT2D eigenvalue weighted by molar-refractivity contribution is 5.79. The second-order valence-electron chi connectivity index (χ2n) is 3.41. The Hall–Kier alpha value is -0.570. The standard InChI is InChI=1S/C8H13NO2/c10-5-7-2-1-6-3-4-8(11)9(6)7/h6-7,10H,1-5H2/t6-,7-/m0/s1. The van der Waals surface area contributed by atoms with Crippen LogP contribution in [0.5, 0.6) is 0 Å². The van der Waals surface area contributed by atoms with E-state index in [1.807, 2.05) is 4.90 Å². The van der Waals surface area contributed by atoms with Crippen molar-refractivity contribution >= 4 is 5.91 Å². The van der Waals surface area contributed by atoms with Crippen LogP contribution in [-0.4, -0.2) is 34.6 Å². The van der Waals surface area contributed by atoms with Crippen molar-refractivity contribution < 1.29 is 9.90 Å². The minimum atomic E-state index is 0.134. The van der Waals surface area contributed by atoms with Crippen molar-refractivity contribution in [3.63, 3.8) is 0 Å². The fourth-order valence-electron chi connectivity index (χ4n) is 2.25. The maximum atomic E-state index is 11.2. The van der Waals surface area contributed by atoms with Crippen LogP contribution in [0, 0.1) is 0 Å². The summed E-state index contributed by atoms with van der Waals surface area (Å²) < 4.78 is 0. The largest absolute Gasteiger partial charge is 0.394 e. The van der Waals surface area contributed by atoms with Crippen molar-refractivity contribution in [2.75, 3.05) is 6.61 Å². The van der Waals surface area contributed by atoms with Crippen LogP contribution >= 0.6 is 0 Å². The topological polar surface area (TPSA) is 40.5 Å². The molecule has 2 heterocycles. The van der Waals surface area contributed by atoms with E-state index in [4.69, 9.17) is 5.11 Å². The summed E-state index contributed by atoms with van der Waals surface area (Å²) in [5, 5.41) is 8.94. The number of nitrogens with zero attached hydrogens (tertiary/aromatic N) is 1. The number of rotatable bonds is 1. The van der Waals surface area contributed by atoms with Gasteiger partial charge in [-0.1, -0.05) is 0 Å². The summed E-state index contributed by atoms with van der Waals surface area (Å²) in [4.78, 5) is 13.1. The van der Waals surface area contributed by atoms with Gasteiger partial charge in [-0.25, -0.2) is 0 Å². The zero-order valence-corrected chi connectivity index (χ0v) is 6.49. The SMILES string of the molecule is O=C1CC[C@@H]2CC[C@@H](CO)N12. The van der Waals surface area contributed by atoms with E-state index in [0.29, 0.717) is 12.5 Å². The molecule has 0 radical (unpaired) electrons. The fourth-order valence-corrected chi connectivity index (χ4v) is 2.25. The van der Waals surface area contributed by atoms with Crippen LogP contribution in [-0.2, 0) is 4.79 Å². The van der Waals surface area contributed by atoms with Crippen LogP contribution in [0.3, 0.4) is 0 Å². The maximum Gasteiger partial charge on any atom is 0.223 e. The van der Waals surface area contributed by atoms with E-state index < -0.39 is 0 Å². The van der Waals surface area contributed by atoms with E-state index in [0.717, 1.165) is 19.3 Å². The molecular weight excluding hydrogens is 142 g/mol. The van der Waals surface area contributed by atoms with Gasteiger partial charge in [0.25, 0.3) is 0 Å². The zero-order valence-electron chi connectivity index (χ0n) is 6.49. The van der Waals surface area contributed by atoms with Crippen LogP contribution < -0.4 is 0 Å². The van der Waals surface area contributed by atoms with Crippen LogP contribution in [0.2, 0.25) is 0 Å². The van der Waals surface area contributed by atoms with Crippen LogP contribution in [0.1, 0.15) is 25.7 Å². The van der Waals surface area contributed by atoms with Crippen LogP contribution in [0.4, 0.5) is 0 Å². The quantitative estimate of drug-likeness (QED) is 0.584. The number of hydrogen-bond acceptors (Lipinski definition) is 2. The van der Waals surface area contributed by atoms with Gasteiger partial charge >= 0.3 is 0 Å². The highest BCUT2D eigenvalue weighted by atomic mass is 16.3. The molecule has 0 bridgehead atoms. The normalized spacial score (nSPS) is 36.5. The molecule has 1 amide bonds. The van der Waals surface area contributed by atoms with Crippen molar-refractivity contribution in [1.29, 1.82) is 0 Å². The molecule has 62 valence electrons. The summed E-state index contributed by atoms with van der Waals surface area (Å²) in [6, 6.07) is 0.592. The van der Waals surface area contributed by atoms with Gasteiger partial charge in [0, 0.05) is 12.5 Å². The lowest BCUT2D eigenvalue weighted by Gasteiger charge is -2.21. The van der Waals surface area contributed by atoms with Crippen molar-refractivity contribution in [2.24, 2.45) is 0 Å². The molecule has 11 heavy (non-hydrogen) atoms. The van der Waals surface area contributed by atoms with Crippen molar-refractivity contribution in [3.8, 4) is 0 Å². The molecule has 0 aromatic rings. The molecule has 0 aromatic carbocycles. The molecule has 0 unspecified atom stereocenters. The number of carbonyl (C=O) groups is 1. The van der Waals surface area contributed by atoms with Gasteiger partial charge in [-0.3, -0.25) is 4.79 Å². The van der Waals surface area contributed by atoms with Gasteiger partial charge in [0.1, 0.15) is 0 Å². The van der Waals surface area contributed by atoms with Crippen LogP contribution in [0.25, 0.3) is 0 Å². The molecule has 0 aromatic heterocycles. The van der Waals surface area contributed by atoms with E-state index in [2.05, 4.69) is 0 Å². The fraction of sp³-hybridized carbons (Fsp3) is 0.875. The molecule has 0 saturated carbocycles. The minimum Gasteiger partial charge on any atom is -0.394 e. The Morgan fingerprint density at radius 3 is 3.00 bits per heavy atom. The summed E-state index contributed by atoms with van der Waals surface area (Å²) in [6.07, 6.45) is 3.79. The Morgan fingerprint density at radius 2 is 2.27 bits per heavy atom. The number of hydrogen-bond donors (Lipinski definition) is 1. The highest BCUT2D eigenvalue weighted by Gasteiger charge is 2.40. The molecule has 0 spiro atoms. The van der Waals surface area contributed by atoms with Gasteiger partial charge in [-0.15, -0.1) is 0 Å². The molecule has 3 heteroatoms. The summed E-state index contributed by atoms with van der Waals surface area (Å²) in [6.45, 7) is 0.141. The van der Waals surface area contributed by atoms with Gasteiger partial charge in [0.05, 0.1) is 12.6 Å². The number of aliphatic hydroxyl groups excluding tert-OH is 1. The highest BCUT2D eigenvalue weighted by Crippen LogP contribution is 2.32. The van der Waals surface area contributed by atoms with Crippen LogP contribution in [0.15, 0.2) is 0 Å². The van der Waals surface area contributed by atoms with Crippen molar-refractivity contribution in [2.45, 2.75) is 37.8 Å². The molecule has 2 aliphatic heterocycles. The third kappa shape index (κ3) is 0.948. The first kappa shape index (κ1) is 7.10. The van der Waals surface area contributed by atoms with E-state index in [9.17, 15) is 4.79 Å². The Kier molecular flexibility index (Phi) is 1.60. The maximum absolute atomic E-state index is 11.2. The van der Waals surface area contributed by atoms with E-state index in [-0.39, 0.29) is 18.6 Å². The molecule has 3 nitrogen and oxygen atoms in total. The second-order valence-corrected chi connectivity index (χ2v) is 3.41. The molecule has 2 aliphatic rings. The Labute approximate surface area is 66.0 Å². The lowest BCUT2D eigenvalue weighted by atomic mass is 10.1. The molecule has 2 atom stereocenters. The molecule has 1 N–H and O–H groups in total. The monoisotopic (exact) mass is 155 g/mol. The van der Waals surface area contributed by atoms with Gasteiger partial charge in [0.2, 0.25) is 5.91 Å². The minimum absolute atomic E-state index is 0.134. The molecule has 2 rings (SSSR count). The average molecular weight is 155 g/mol. The zero-order chi connectivity index (χ0) is 7.84. The second kappa shape index (κ2) is 2.48. The third-order valence-electron chi connectivity index (χ3n) is 2.81.